The van der Waals surface area contributed by atoms with Crippen molar-refractivity contribution in [1.29, 1.82) is 0 Å². The maximum atomic E-state index is 12.4. The fourth-order valence-electron chi connectivity index (χ4n) is 5.63. The van der Waals surface area contributed by atoms with E-state index < -0.39 is 0 Å². The van der Waals surface area contributed by atoms with Crippen LogP contribution in [0.15, 0.2) is 11.4 Å². The molecule has 0 aromatic carbocycles. The zero-order valence-electron chi connectivity index (χ0n) is 12.6. The fourth-order valence-corrected chi connectivity index (χ4v) is 6.35. The van der Waals surface area contributed by atoms with Crippen LogP contribution < -0.4 is 11.1 Å². The van der Waals surface area contributed by atoms with E-state index >= 15 is 0 Å². The number of nitrogens with two attached hydrogens (primary N) is 1. The maximum Gasteiger partial charge on any atom is 0.263 e. The molecule has 1 atom stereocenters. The van der Waals surface area contributed by atoms with Crippen LogP contribution in [0, 0.1) is 23.2 Å². The number of amides is 1. The van der Waals surface area contributed by atoms with E-state index in [2.05, 4.69) is 12.2 Å². The van der Waals surface area contributed by atoms with Gasteiger partial charge in [0.1, 0.15) is 4.88 Å². The average Bonchev–Trinajstić information content (AvgIpc) is 2.83. The van der Waals surface area contributed by atoms with Crippen LogP contribution in [0.3, 0.4) is 0 Å². The molecule has 1 heterocycles. The fraction of sp³-hybridized carbons (Fsp3) is 0.706. The lowest BCUT2D eigenvalue weighted by molar-refractivity contribution is -0.0687. The number of hydrogen-bond acceptors (Lipinski definition) is 3. The van der Waals surface area contributed by atoms with Gasteiger partial charge in [-0.2, -0.15) is 0 Å². The monoisotopic (exact) mass is 304 g/mol. The molecule has 0 spiro atoms. The van der Waals surface area contributed by atoms with Crippen molar-refractivity contribution in [3.05, 3.63) is 16.3 Å². The molecule has 0 aliphatic heterocycles. The maximum absolute atomic E-state index is 12.4. The highest BCUT2D eigenvalue weighted by Gasteiger charge is 2.53. The summed E-state index contributed by atoms with van der Waals surface area (Å²) in [7, 11) is 0. The van der Waals surface area contributed by atoms with Crippen LogP contribution >= 0.6 is 11.3 Å². The van der Waals surface area contributed by atoms with Crippen LogP contribution in [0.25, 0.3) is 0 Å². The van der Waals surface area contributed by atoms with Gasteiger partial charge in [-0.15, -0.1) is 11.3 Å². The van der Waals surface area contributed by atoms with Crippen molar-refractivity contribution in [2.24, 2.45) is 23.2 Å². The van der Waals surface area contributed by atoms with E-state index in [4.69, 9.17) is 5.73 Å². The zero-order valence-corrected chi connectivity index (χ0v) is 13.4. The first-order valence-electron chi connectivity index (χ1n) is 8.19. The Balaban J connectivity index is 1.51. The second kappa shape index (κ2) is 4.73. The molecule has 3 nitrogen and oxygen atoms in total. The summed E-state index contributed by atoms with van der Waals surface area (Å²) < 4.78 is 0. The van der Waals surface area contributed by atoms with Crippen molar-refractivity contribution >= 4 is 22.9 Å². The number of rotatable bonds is 3. The molecule has 4 saturated carbocycles. The Bertz CT molecular complexity index is 530. The Morgan fingerprint density at radius 1 is 1.29 bits per heavy atom. The van der Waals surface area contributed by atoms with Gasteiger partial charge < -0.3 is 11.1 Å². The van der Waals surface area contributed by atoms with Gasteiger partial charge in [0.05, 0.1) is 5.69 Å². The van der Waals surface area contributed by atoms with Gasteiger partial charge >= 0.3 is 0 Å². The molecule has 1 aromatic rings. The highest BCUT2D eigenvalue weighted by molar-refractivity contribution is 7.12. The largest absolute Gasteiger partial charge is 0.397 e. The molecule has 3 N–H and O–H groups in total. The van der Waals surface area contributed by atoms with Crippen LogP contribution in [-0.2, 0) is 0 Å². The summed E-state index contributed by atoms with van der Waals surface area (Å²) in [6.07, 6.45) is 8.29. The van der Waals surface area contributed by atoms with Gasteiger partial charge in [0.2, 0.25) is 0 Å². The van der Waals surface area contributed by atoms with Gasteiger partial charge in [-0.1, -0.05) is 0 Å². The van der Waals surface area contributed by atoms with Gasteiger partial charge in [0.15, 0.2) is 0 Å². The lowest BCUT2D eigenvalue weighted by Gasteiger charge is -2.59. The summed E-state index contributed by atoms with van der Waals surface area (Å²) in [5, 5.41) is 5.16. The van der Waals surface area contributed by atoms with E-state index in [1.807, 2.05) is 11.4 Å². The van der Waals surface area contributed by atoms with Crippen LogP contribution in [-0.4, -0.2) is 11.9 Å². The Hall–Kier alpha value is -1.03. The minimum Gasteiger partial charge on any atom is -0.397 e. The van der Waals surface area contributed by atoms with E-state index in [0.29, 0.717) is 16.0 Å². The molecule has 1 amide bonds. The van der Waals surface area contributed by atoms with Crippen molar-refractivity contribution in [2.75, 3.05) is 5.73 Å². The minimum absolute atomic E-state index is 0.0192. The molecule has 1 unspecified atom stereocenters. The van der Waals surface area contributed by atoms with E-state index in [1.54, 1.807) is 0 Å². The lowest BCUT2D eigenvalue weighted by Crippen LogP contribution is -2.55. The zero-order chi connectivity index (χ0) is 14.6. The molecule has 4 fully saturated rings. The molecule has 5 rings (SSSR count). The molecular formula is C17H24N2OS. The first-order chi connectivity index (χ1) is 10.1. The first kappa shape index (κ1) is 13.6. The van der Waals surface area contributed by atoms with Crippen molar-refractivity contribution < 1.29 is 4.79 Å². The normalized spacial score (nSPS) is 38.4. The predicted octanol–water partition coefficient (Wildman–Crippen LogP) is 3.67. The van der Waals surface area contributed by atoms with Gasteiger partial charge in [0, 0.05) is 6.04 Å². The quantitative estimate of drug-likeness (QED) is 0.895. The van der Waals surface area contributed by atoms with E-state index in [1.165, 1.54) is 49.9 Å². The Morgan fingerprint density at radius 2 is 1.86 bits per heavy atom. The van der Waals surface area contributed by atoms with Crippen molar-refractivity contribution in [2.45, 2.75) is 51.5 Å². The predicted molar refractivity (Wildman–Crippen MR) is 86.3 cm³/mol. The number of nitrogens with one attached hydrogen (secondary N) is 1. The Kier molecular flexibility index (Phi) is 3.07. The Morgan fingerprint density at radius 3 is 2.33 bits per heavy atom. The van der Waals surface area contributed by atoms with Crippen molar-refractivity contribution in [3.8, 4) is 0 Å². The molecule has 114 valence electrons. The summed E-state index contributed by atoms with van der Waals surface area (Å²) in [6.45, 7) is 2.22. The van der Waals surface area contributed by atoms with Crippen LogP contribution in [0.1, 0.15) is 55.1 Å². The minimum atomic E-state index is 0.0192. The van der Waals surface area contributed by atoms with Crippen LogP contribution in [0.5, 0.6) is 0 Å². The summed E-state index contributed by atoms with van der Waals surface area (Å²) in [4.78, 5) is 13.1. The summed E-state index contributed by atoms with van der Waals surface area (Å²) in [5.74, 6) is 2.78. The van der Waals surface area contributed by atoms with E-state index in [0.717, 1.165) is 17.8 Å². The van der Waals surface area contributed by atoms with Gasteiger partial charge in [0.25, 0.3) is 5.91 Å². The third-order valence-electron chi connectivity index (χ3n) is 6.25. The lowest BCUT2D eigenvalue weighted by atomic mass is 9.48. The number of carbonyl (C=O) groups is 1. The Labute approximate surface area is 130 Å². The van der Waals surface area contributed by atoms with Crippen LogP contribution in [0.4, 0.5) is 5.69 Å². The molecule has 4 aliphatic carbocycles. The van der Waals surface area contributed by atoms with Crippen LogP contribution in [0.2, 0.25) is 0 Å². The van der Waals surface area contributed by atoms with Crippen molar-refractivity contribution in [1.82, 2.24) is 5.32 Å². The third-order valence-corrected chi connectivity index (χ3v) is 7.18. The molecule has 0 saturated heterocycles. The highest BCUT2D eigenvalue weighted by Crippen LogP contribution is 2.61. The molecular weight excluding hydrogens is 280 g/mol. The average molecular weight is 304 g/mol. The van der Waals surface area contributed by atoms with Gasteiger partial charge in [-0.3, -0.25) is 4.79 Å². The molecule has 4 bridgehead atoms. The van der Waals surface area contributed by atoms with E-state index in [9.17, 15) is 4.79 Å². The SMILES string of the molecule is CC(NC(=O)c1sccc1N)C12CC3CC(CC(C3)C1)C2. The molecule has 4 aliphatic rings. The summed E-state index contributed by atoms with van der Waals surface area (Å²) in [6, 6.07) is 2.08. The van der Waals surface area contributed by atoms with Gasteiger partial charge in [-0.25, -0.2) is 0 Å². The first-order valence-corrected chi connectivity index (χ1v) is 9.07. The molecule has 0 radical (unpaired) electrons. The van der Waals surface area contributed by atoms with E-state index in [-0.39, 0.29) is 11.9 Å². The van der Waals surface area contributed by atoms with Crippen molar-refractivity contribution in [3.63, 3.8) is 0 Å². The molecule has 4 heteroatoms. The topological polar surface area (TPSA) is 55.1 Å². The number of nitrogen functional groups attached to an aromatic ring is 1. The number of hydrogen-bond donors (Lipinski definition) is 2. The summed E-state index contributed by atoms with van der Waals surface area (Å²) >= 11 is 1.44. The number of carbonyl (C=O) groups excluding carboxylic acids is 1. The third kappa shape index (κ3) is 2.19. The summed E-state index contributed by atoms with van der Waals surface area (Å²) in [5.41, 5.74) is 6.84. The standard InChI is InChI=1S/C17H24N2OS/c1-10(19-16(20)15-14(18)2-3-21-15)17-7-11-4-12(8-17)6-13(5-11)9-17/h2-3,10-13H,4-9,18H2,1H3,(H,19,20). The number of thiophene rings is 1. The molecule has 21 heavy (non-hydrogen) atoms. The van der Waals surface area contributed by atoms with Gasteiger partial charge in [-0.05, 0) is 80.1 Å². The second-order valence-electron chi connectivity index (χ2n) is 7.68. The highest BCUT2D eigenvalue weighted by atomic mass is 32.1. The molecule has 1 aromatic heterocycles. The number of anilines is 1. The smallest absolute Gasteiger partial charge is 0.263 e. The second-order valence-corrected chi connectivity index (χ2v) is 8.60.